The molecule has 0 bridgehead atoms. The number of hydrogen-bond donors (Lipinski definition) is 1. The zero-order chi connectivity index (χ0) is 19.1. The predicted octanol–water partition coefficient (Wildman–Crippen LogP) is 5.43. The number of ether oxygens (including phenoxy) is 1. The molecule has 0 aliphatic heterocycles. The maximum atomic E-state index is 12.9. The topological polar surface area (TPSA) is 21.3 Å². The van der Waals surface area contributed by atoms with Crippen LogP contribution in [-0.4, -0.2) is 4.99 Å². The van der Waals surface area contributed by atoms with Crippen molar-refractivity contribution in [3.8, 4) is 5.75 Å². The molecule has 3 aromatic carbocycles. The summed E-state index contributed by atoms with van der Waals surface area (Å²) in [6.45, 7) is 3.25. The molecule has 4 heteroatoms. The first-order valence-corrected chi connectivity index (χ1v) is 9.38. The van der Waals surface area contributed by atoms with Crippen LogP contribution in [0.25, 0.3) is 0 Å². The Morgan fingerprint density at radius 3 is 2.07 bits per heavy atom. The quantitative estimate of drug-likeness (QED) is 0.553. The lowest BCUT2D eigenvalue weighted by atomic mass is 10.1. The summed E-state index contributed by atoms with van der Waals surface area (Å²) in [4.78, 5) is 0.708. The Kier molecular flexibility index (Phi) is 6.55. The van der Waals surface area contributed by atoms with E-state index in [-0.39, 0.29) is 5.82 Å². The highest BCUT2D eigenvalue weighted by molar-refractivity contribution is 7.80. The van der Waals surface area contributed by atoms with Gasteiger partial charge in [-0.1, -0.05) is 55.5 Å². The summed E-state index contributed by atoms with van der Waals surface area (Å²) in [7, 11) is 0. The molecule has 2 nitrogen and oxygen atoms in total. The summed E-state index contributed by atoms with van der Waals surface area (Å²) in [6, 6.07) is 22.5. The Bertz CT molecular complexity index is 874. The molecule has 0 radical (unpaired) electrons. The van der Waals surface area contributed by atoms with Crippen molar-refractivity contribution in [2.45, 2.75) is 26.5 Å². The summed E-state index contributed by atoms with van der Waals surface area (Å²) in [6.07, 6.45) is 1.04. The largest absolute Gasteiger partial charge is 0.489 e. The molecule has 0 atom stereocenters. The smallest absolute Gasteiger partial charge is 0.123 e. The minimum atomic E-state index is -0.245. The number of thiocarbonyl (C=S) groups is 1. The summed E-state index contributed by atoms with van der Waals surface area (Å²) >= 11 is 5.48. The average Bonchev–Trinajstić information content (AvgIpc) is 2.72. The van der Waals surface area contributed by atoms with E-state index in [2.05, 4.69) is 36.5 Å². The number of aryl methyl sites for hydroxylation is 1. The molecule has 0 aliphatic rings. The zero-order valence-corrected chi connectivity index (χ0v) is 16.1. The van der Waals surface area contributed by atoms with Gasteiger partial charge in [-0.2, -0.15) is 0 Å². The van der Waals surface area contributed by atoms with Gasteiger partial charge in [0.1, 0.15) is 23.2 Å². The fourth-order valence-electron chi connectivity index (χ4n) is 2.63. The lowest BCUT2D eigenvalue weighted by Gasteiger charge is -2.10. The van der Waals surface area contributed by atoms with Gasteiger partial charge in [0.25, 0.3) is 0 Å². The van der Waals surface area contributed by atoms with E-state index in [1.807, 2.05) is 24.3 Å². The minimum Gasteiger partial charge on any atom is -0.489 e. The van der Waals surface area contributed by atoms with Crippen molar-refractivity contribution < 1.29 is 9.13 Å². The first-order valence-electron chi connectivity index (χ1n) is 8.97. The maximum absolute atomic E-state index is 12.9. The van der Waals surface area contributed by atoms with E-state index < -0.39 is 0 Å². The molecule has 0 unspecified atom stereocenters. The Balaban J connectivity index is 1.51. The molecular formula is C23H22FNOS. The van der Waals surface area contributed by atoms with Crippen molar-refractivity contribution >= 4 is 17.2 Å². The van der Waals surface area contributed by atoms with Gasteiger partial charge in [0.05, 0.1) is 0 Å². The summed E-state index contributed by atoms with van der Waals surface area (Å²) in [5.41, 5.74) is 4.41. The molecule has 0 aromatic heterocycles. The van der Waals surface area contributed by atoms with E-state index in [0.717, 1.165) is 23.3 Å². The van der Waals surface area contributed by atoms with E-state index in [4.69, 9.17) is 17.0 Å². The van der Waals surface area contributed by atoms with E-state index in [1.54, 1.807) is 12.1 Å². The van der Waals surface area contributed by atoms with Crippen LogP contribution in [0.4, 0.5) is 4.39 Å². The van der Waals surface area contributed by atoms with Crippen molar-refractivity contribution in [2.24, 2.45) is 0 Å². The lowest BCUT2D eigenvalue weighted by molar-refractivity contribution is 0.306. The molecule has 0 spiro atoms. The standard InChI is InChI=1S/C23H22FNOS/c1-2-17-3-5-18(6-4-17)15-25-23(27)20-9-13-22(14-10-20)26-16-19-7-11-21(24)12-8-19/h3-14H,2,15-16H2,1H3,(H,25,27). The third-order valence-corrected chi connectivity index (χ3v) is 4.70. The number of rotatable bonds is 7. The van der Waals surface area contributed by atoms with E-state index in [9.17, 15) is 4.39 Å². The average molecular weight is 380 g/mol. The van der Waals surface area contributed by atoms with Gasteiger partial charge in [-0.05, 0) is 59.5 Å². The SMILES string of the molecule is CCc1ccc(CNC(=S)c2ccc(OCc3ccc(F)cc3)cc2)cc1. The maximum Gasteiger partial charge on any atom is 0.123 e. The number of benzene rings is 3. The first kappa shape index (κ1) is 19.1. The van der Waals surface area contributed by atoms with Gasteiger partial charge >= 0.3 is 0 Å². The summed E-state index contributed by atoms with van der Waals surface area (Å²) in [5, 5.41) is 3.29. The van der Waals surface area contributed by atoms with Gasteiger partial charge in [0, 0.05) is 12.1 Å². The van der Waals surface area contributed by atoms with Crippen LogP contribution in [0, 0.1) is 5.82 Å². The molecule has 0 amide bonds. The molecule has 3 rings (SSSR count). The Morgan fingerprint density at radius 2 is 1.44 bits per heavy atom. The normalized spacial score (nSPS) is 10.4. The third kappa shape index (κ3) is 5.63. The van der Waals surface area contributed by atoms with E-state index in [0.29, 0.717) is 18.1 Å². The number of nitrogens with one attached hydrogen (secondary N) is 1. The molecule has 138 valence electrons. The van der Waals surface area contributed by atoms with E-state index >= 15 is 0 Å². The van der Waals surface area contributed by atoms with Crippen LogP contribution >= 0.6 is 12.2 Å². The van der Waals surface area contributed by atoms with Crippen LogP contribution in [0.2, 0.25) is 0 Å². The van der Waals surface area contributed by atoms with Crippen molar-refractivity contribution in [3.05, 3.63) is 101 Å². The molecule has 0 saturated heterocycles. The van der Waals surface area contributed by atoms with Crippen LogP contribution in [0.3, 0.4) is 0 Å². The van der Waals surface area contributed by atoms with Gasteiger partial charge in [0.15, 0.2) is 0 Å². The minimum absolute atomic E-state index is 0.245. The molecule has 0 saturated carbocycles. The Morgan fingerprint density at radius 1 is 0.852 bits per heavy atom. The summed E-state index contributed by atoms with van der Waals surface area (Å²) in [5.74, 6) is 0.506. The second-order valence-corrected chi connectivity index (χ2v) is 6.70. The number of halogens is 1. The number of hydrogen-bond acceptors (Lipinski definition) is 2. The van der Waals surface area contributed by atoms with Gasteiger partial charge in [-0.25, -0.2) is 4.39 Å². The second kappa shape index (κ2) is 9.28. The molecule has 1 N–H and O–H groups in total. The Hall–Kier alpha value is -2.72. The van der Waals surface area contributed by atoms with Gasteiger partial charge in [-0.15, -0.1) is 0 Å². The highest BCUT2D eigenvalue weighted by Crippen LogP contribution is 2.15. The van der Waals surface area contributed by atoms with Crippen LogP contribution in [0.1, 0.15) is 29.2 Å². The molecule has 0 fully saturated rings. The zero-order valence-electron chi connectivity index (χ0n) is 15.2. The van der Waals surface area contributed by atoms with Crippen LogP contribution in [0.5, 0.6) is 5.75 Å². The van der Waals surface area contributed by atoms with Crippen molar-refractivity contribution in [1.82, 2.24) is 5.32 Å². The van der Waals surface area contributed by atoms with Crippen LogP contribution < -0.4 is 10.1 Å². The summed E-state index contributed by atoms with van der Waals surface area (Å²) < 4.78 is 18.6. The van der Waals surface area contributed by atoms with Gasteiger partial charge < -0.3 is 10.1 Å². The van der Waals surface area contributed by atoms with Gasteiger partial charge in [-0.3, -0.25) is 0 Å². The highest BCUT2D eigenvalue weighted by atomic mass is 32.1. The molecule has 3 aromatic rings. The van der Waals surface area contributed by atoms with Crippen molar-refractivity contribution in [2.75, 3.05) is 0 Å². The second-order valence-electron chi connectivity index (χ2n) is 6.29. The molecule has 27 heavy (non-hydrogen) atoms. The molecule has 0 aliphatic carbocycles. The highest BCUT2D eigenvalue weighted by Gasteiger charge is 2.03. The van der Waals surface area contributed by atoms with E-state index in [1.165, 1.54) is 23.3 Å². The Labute approximate surface area is 165 Å². The molecular weight excluding hydrogens is 357 g/mol. The van der Waals surface area contributed by atoms with Crippen molar-refractivity contribution in [3.63, 3.8) is 0 Å². The van der Waals surface area contributed by atoms with Gasteiger partial charge in [0.2, 0.25) is 0 Å². The lowest BCUT2D eigenvalue weighted by Crippen LogP contribution is -2.21. The van der Waals surface area contributed by atoms with Crippen LogP contribution in [0.15, 0.2) is 72.8 Å². The first-order chi connectivity index (χ1) is 13.1. The fourth-order valence-corrected chi connectivity index (χ4v) is 2.84. The third-order valence-electron chi connectivity index (χ3n) is 4.32. The monoisotopic (exact) mass is 379 g/mol. The predicted molar refractivity (Wildman–Crippen MR) is 112 cm³/mol. The fraction of sp³-hybridized carbons (Fsp3) is 0.174. The van der Waals surface area contributed by atoms with Crippen molar-refractivity contribution in [1.29, 1.82) is 0 Å². The molecule has 0 heterocycles. The van der Waals surface area contributed by atoms with Crippen LogP contribution in [-0.2, 0) is 19.6 Å².